The van der Waals surface area contributed by atoms with Crippen LogP contribution in [-0.2, 0) is 9.16 Å². The van der Waals surface area contributed by atoms with Crippen molar-refractivity contribution in [2.24, 2.45) is 0 Å². The molecule has 11 nitrogen and oxygen atoms in total. The topological polar surface area (TPSA) is 109 Å². The van der Waals surface area contributed by atoms with Crippen LogP contribution in [0.1, 0.15) is 97.2 Å². The van der Waals surface area contributed by atoms with E-state index in [4.69, 9.17) is 13.9 Å². The van der Waals surface area contributed by atoms with Gasteiger partial charge in [0, 0.05) is 23.8 Å². The predicted octanol–water partition coefficient (Wildman–Crippen LogP) is 8.07. The van der Waals surface area contributed by atoms with E-state index in [0.29, 0.717) is 18.0 Å². The Hall–Kier alpha value is -3.84. The summed E-state index contributed by atoms with van der Waals surface area (Å²) >= 11 is 0. The van der Waals surface area contributed by atoms with Crippen molar-refractivity contribution in [1.82, 2.24) is 34.5 Å². The third-order valence-electron chi connectivity index (χ3n) is 10.5. The van der Waals surface area contributed by atoms with E-state index in [2.05, 4.69) is 54.3 Å². The highest BCUT2D eigenvalue weighted by Gasteiger charge is 2.50. The fourth-order valence-corrected chi connectivity index (χ4v) is 7.62. The van der Waals surface area contributed by atoms with Crippen LogP contribution in [0.3, 0.4) is 0 Å². The highest BCUT2D eigenvalue weighted by Crippen LogP contribution is 2.48. The second-order valence-corrected chi connectivity index (χ2v) is 21.0. The molecule has 1 saturated heterocycles. The van der Waals surface area contributed by atoms with E-state index in [-0.39, 0.29) is 29.3 Å². The molecule has 1 saturated carbocycles. The number of hydrogen-bond donors (Lipinski definition) is 0. The highest BCUT2D eigenvalue weighted by molar-refractivity contribution is 6.74. The largest absolute Gasteiger partial charge is 0.479 e. The summed E-state index contributed by atoms with van der Waals surface area (Å²) in [7, 11) is -2.13. The standard InChI is InChI=1S/C36H50FN7O4Si/c1-24-32(40-41-44(24)27-14-18-42(33(45)48-34(2,3)4)36(20-27)15-10-16-36)25-19-30(29-13-17-39-43(29)22-25)47-31(28-12-11-26(37)21-38-28)23-46-49(8,9)35(5,6)7/h11-13,17,19,21-22,27,31H,10,14-16,18,20,23H2,1-9H3/t27?,31-/m1/s1. The number of pyridine rings is 2. The summed E-state index contributed by atoms with van der Waals surface area (Å²) in [5.41, 5.74) is 3.06. The number of nitrogens with zero attached hydrogens (tertiary/aromatic N) is 7. The Labute approximate surface area is 289 Å². The van der Waals surface area contributed by atoms with Gasteiger partial charge in [-0.15, -0.1) is 5.10 Å². The fraction of sp³-hybridized carbons (Fsp3) is 0.583. The van der Waals surface area contributed by atoms with Crippen LogP contribution < -0.4 is 4.74 Å². The normalized spacial score (nSPS) is 18.8. The van der Waals surface area contributed by atoms with Gasteiger partial charge in [-0.05, 0) is 102 Å². The molecular weight excluding hydrogens is 642 g/mol. The molecular formula is C36H50FN7O4Si. The Balaban J connectivity index is 1.28. The number of hydrogen-bond acceptors (Lipinski definition) is 8. The number of piperidine rings is 1. The molecule has 0 radical (unpaired) electrons. The molecule has 2 atom stereocenters. The zero-order chi connectivity index (χ0) is 35.4. The summed E-state index contributed by atoms with van der Waals surface area (Å²) in [5.74, 6) is 0.170. The molecule has 0 aromatic carbocycles. The van der Waals surface area contributed by atoms with Gasteiger partial charge in [-0.3, -0.25) is 4.98 Å². The molecule has 5 heterocycles. The van der Waals surface area contributed by atoms with Crippen LogP contribution in [0, 0.1) is 12.7 Å². The van der Waals surface area contributed by atoms with Crippen LogP contribution in [-0.4, -0.2) is 73.2 Å². The SMILES string of the molecule is Cc1c(-c2cc(O[C@H](CO[Si](C)(C)C(C)(C)C)c3ccc(F)cn3)c3ccnn3c2)nnn1C1CCN(C(=O)OC(C)(C)C)C2(CCC2)C1. The van der Waals surface area contributed by atoms with Crippen molar-refractivity contribution in [3.05, 3.63) is 60.1 Å². The van der Waals surface area contributed by atoms with Crippen LogP contribution in [0.15, 0.2) is 42.9 Å². The van der Waals surface area contributed by atoms with Crippen molar-refractivity contribution < 1.29 is 23.1 Å². The molecule has 49 heavy (non-hydrogen) atoms. The zero-order valence-corrected chi connectivity index (χ0v) is 31.3. The van der Waals surface area contributed by atoms with Crippen LogP contribution in [0.4, 0.5) is 9.18 Å². The molecule has 0 N–H and O–H groups in total. The monoisotopic (exact) mass is 691 g/mol. The first-order valence-electron chi connectivity index (χ1n) is 17.3. The molecule has 1 aliphatic carbocycles. The number of likely N-dealkylation sites (tertiary alicyclic amines) is 1. The van der Waals surface area contributed by atoms with Gasteiger partial charge in [0.25, 0.3) is 0 Å². The lowest BCUT2D eigenvalue weighted by atomic mass is 9.69. The summed E-state index contributed by atoms with van der Waals surface area (Å²) in [4.78, 5) is 19.5. The van der Waals surface area contributed by atoms with Crippen molar-refractivity contribution in [2.45, 2.75) is 122 Å². The Morgan fingerprint density at radius 2 is 1.90 bits per heavy atom. The lowest BCUT2D eigenvalue weighted by Crippen LogP contribution is -2.61. The van der Waals surface area contributed by atoms with E-state index in [1.807, 2.05) is 55.6 Å². The number of aromatic nitrogens is 6. The maximum Gasteiger partial charge on any atom is 0.410 e. The Bertz CT molecular complexity index is 1800. The minimum absolute atomic E-state index is 0.000389. The molecule has 1 aliphatic heterocycles. The molecule has 1 amide bonds. The molecule has 4 aromatic rings. The van der Waals surface area contributed by atoms with Gasteiger partial charge in [0.05, 0.1) is 36.4 Å². The highest BCUT2D eigenvalue weighted by atomic mass is 28.4. The van der Waals surface area contributed by atoms with Gasteiger partial charge in [-0.1, -0.05) is 26.0 Å². The predicted molar refractivity (Wildman–Crippen MR) is 187 cm³/mol. The van der Waals surface area contributed by atoms with E-state index < -0.39 is 25.8 Å². The molecule has 1 unspecified atom stereocenters. The molecule has 6 rings (SSSR count). The lowest BCUT2D eigenvalue weighted by Gasteiger charge is -2.54. The van der Waals surface area contributed by atoms with Gasteiger partial charge in [-0.25, -0.2) is 18.4 Å². The van der Waals surface area contributed by atoms with E-state index >= 15 is 0 Å². The summed E-state index contributed by atoms with van der Waals surface area (Å²) < 4.78 is 36.8. The first-order chi connectivity index (χ1) is 23.0. The Morgan fingerprint density at radius 3 is 2.53 bits per heavy atom. The number of ether oxygens (including phenoxy) is 2. The minimum Gasteiger partial charge on any atom is -0.479 e. The minimum atomic E-state index is -2.13. The van der Waals surface area contributed by atoms with Crippen LogP contribution in [0.2, 0.25) is 18.1 Å². The maximum atomic E-state index is 13.9. The summed E-state index contributed by atoms with van der Waals surface area (Å²) in [6.45, 7) is 19.6. The van der Waals surface area contributed by atoms with E-state index in [1.165, 1.54) is 12.3 Å². The third kappa shape index (κ3) is 7.10. The lowest BCUT2D eigenvalue weighted by molar-refractivity contribution is -0.0544. The van der Waals surface area contributed by atoms with E-state index in [0.717, 1.165) is 54.6 Å². The molecule has 2 fully saturated rings. The quantitative estimate of drug-likeness (QED) is 0.171. The van der Waals surface area contributed by atoms with Gasteiger partial charge in [0.15, 0.2) is 14.4 Å². The molecule has 264 valence electrons. The maximum absolute atomic E-state index is 13.9. The molecule has 2 aliphatic rings. The van der Waals surface area contributed by atoms with Crippen LogP contribution in [0.5, 0.6) is 5.75 Å². The van der Waals surface area contributed by atoms with Gasteiger partial charge < -0.3 is 18.8 Å². The van der Waals surface area contributed by atoms with Crippen LogP contribution >= 0.6 is 0 Å². The van der Waals surface area contributed by atoms with Crippen molar-refractivity contribution in [3.63, 3.8) is 0 Å². The molecule has 13 heteroatoms. The number of halogens is 1. The van der Waals surface area contributed by atoms with Crippen molar-refractivity contribution in [2.75, 3.05) is 13.2 Å². The molecule has 4 aromatic heterocycles. The Kier molecular flexibility index (Phi) is 9.14. The average molecular weight is 692 g/mol. The number of amides is 1. The first kappa shape index (κ1) is 35.0. The smallest absolute Gasteiger partial charge is 0.410 e. The van der Waals surface area contributed by atoms with Crippen molar-refractivity contribution >= 4 is 19.9 Å². The third-order valence-corrected chi connectivity index (χ3v) is 15.0. The number of rotatable bonds is 8. The molecule has 0 bridgehead atoms. The summed E-state index contributed by atoms with van der Waals surface area (Å²) in [5, 5.41) is 13.9. The van der Waals surface area contributed by atoms with Crippen molar-refractivity contribution in [1.29, 1.82) is 0 Å². The van der Waals surface area contributed by atoms with Gasteiger partial charge in [-0.2, -0.15) is 5.10 Å². The van der Waals surface area contributed by atoms with Crippen LogP contribution in [0.25, 0.3) is 16.8 Å². The first-order valence-corrected chi connectivity index (χ1v) is 20.2. The van der Waals surface area contributed by atoms with E-state index in [1.54, 1.807) is 16.8 Å². The average Bonchev–Trinajstić information content (AvgIpc) is 3.63. The van der Waals surface area contributed by atoms with Gasteiger partial charge in [0.2, 0.25) is 0 Å². The summed E-state index contributed by atoms with van der Waals surface area (Å²) in [6.07, 6.45) is 8.63. The zero-order valence-electron chi connectivity index (χ0n) is 30.3. The number of carbonyl (C=O) groups is 1. The van der Waals surface area contributed by atoms with Gasteiger partial charge >= 0.3 is 6.09 Å². The molecule has 1 spiro atoms. The number of carbonyl (C=O) groups excluding carboxylic acids is 1. The van der Waals surface area contributed by atoms with E-state index in [9.17, 15) is 9.18 Å². The summed E-state index contributed by atoms with van der Waals surface area (Å²) in [6, 6.07) is 6.99. The van der Waals surface area contributed by atoms with Gasteiger partial charge in [0.1, 0.15) is 28.4 Å². The number of fused-ring (bicyclic) bond motifs is 1. The van der Waals surface area contributed by atoms with Crippen molar-refractivity contribution in [3.8, 4) is 17.0 Å². The second kappa shape index (κ2) is 12.8. The fourth-order valence-electron chi connectivity index (χ4n) is 6.62. The Morgan fingerprint density at radius 1 is 1.14 bits per heavy atom. The second-order valence-electron chi connectivity index (χ2n) is 16.2.